The van der Waals surface area contributed by atoms with Crippen molar-refractivity contribution in [2.75, 3.05) is 40.5 Å². The average Bonchev–Trinajstić information content (AvgIpc) is 3.17. The van der Waals surface area contributed by atoms with Crippen molar-refractivity contribution in [3.05, 3.63) is 47.4 Å². The zero-order chi connectivity index (χ0) is 19.9. The predicted molar refractivity (Wildman–Crippen MR) is 105 cm³/mol. The second-order valence-corrected chi connectivity index (χ2v) is 7.12. The molecular formula is C21H30N2O5. The van der Waals surface area contributed by atoms with E-state index in [2.05, 4.69) is 9.80 Å². The largest absolute Gasteiger partial charge is 0.497 e. The van der Waals surface area contributed by atoms with Gasteiger partial charge in [-0.25, -0.2) is 0 Å². The normalized spacial score (nSPS) is 18.4. The molecule has 28 heavy (non-hydrogen) atoms. The molecule has 0 aliphatic carbocycles. The zero-order valence-corrected chi connectivity index (χ0v) is 16.6. The van der Waals surface area contributed by atoms with Crippen LogP contribution in [0.4, 0.5) is 0 Å². The first-order valence-corrected chi connectivity index (χ1v) is 9.62. The van der Waals surface area contributed by atoms with Gasteiger partial charge >= 0.3 is 0 Å². The lowest BCUT2D eigenvalue weighted by Gasteiger charge is -2.41. The molecular weight excluding hydrogens is 360 g/mol. The summed E-state index contributed by atoms with van der Waals surface area (Å²) in [5, 5.41) is 18.7. The third-order valence-electron chi connectivity index (χ3n) is 5.20. The minimum Gasteiger partial charge on any atom is -0.497 e. The van der Waals surface area contributed by atoms with Crippen LogP contribution >= 0.6 is 0 Å². The number of hydrogen-bond acceptors (Lipinski definition) is 7. The Hall–Kier alpha value is -2.06. The van der Waals surface area contributed by atoms with Crippen LogP contribution < -0.4 is 9.47 Å². The predicted octanol–water partition coefficient (Wildman–Crippen LogP) is 1.86. The van der Waals surface area contributed by atoms with Gasteiger partial charge in [-0.05, 0) is 36.2 Å². The fraction of sp³-hybridized carbons (Fsp3) is 0.524. The lowest BCUT2D eigenvalue weighted by molar-refractivity contribution is 0.0463. The molecule has 1 atom stereocenters. The molecule has 0 amide bonds. The van der Waals surface area contributed by atoms with E-state index in [-0.39, 0.29) is 19.3 Å². The van der Waals surface area contributed by atoms with Crippen LogP contribution in [0.2, 0.25) is 0 Å². The number of rotatable bonds is 9. The molecule has 0 saturated carbocycles. The molecule has 0 radical (unpaired) electrons. The molecule has 1 unspecified atom stereocenters. The van der Waals surface area contributed by atoms with Crippen molar-refractivity contribution in [1.29, 1.82) is 0 Å². The minimum atomic E-state index is -0.0785. The van der Waals surface area contributed by atoms with Gasteiger partial charge < -0.3 is 24.1 Å². The average molecular weight is 390 g/mol. The lowest BCUT2D eigenvalue weighted by atomic mass is 10.1. The number of benzene rings is 1. The highest BCUT2D eigenvalue weighted by molar-refractivity contribution is 5.38. The van der Waals surface area contributed by atoms with Crippen LogP contribution in [0, 0.1) is 0 Å². The third kappa shape index (κ3) is 5.26. The Morgan fingerprint density at radius 3 is 2.32 bits per heavy atom. The first-order chi connectivity index (χ1) is 13.6. The summed E-state index contributed by atoms with van der Waals surface area (Å²) in [4.78, 5) is 4.74. The quantitative estimate of drug-likeness (QED) is 0.677. The van der Waals surface area contributed by atoms with E-state index in [1.54, 1.807) is 14.2 Å². The number of aliphatic hydroxyl groups excluding tert-OH is 2. The van der Waals surface area contributed by atoms with Gasteiger partial charge in [-0.15, -0.1) is 0 Å². The van der Waals surface area contributed by atoms with E-state index in [4.69, 9.17) is 19.0 Å². The number of hydrogen-bond donors (Lipinski definition) is 2. The summed E-state index contributed by atoms with van der Waals surface area (Å²) in [6.45, 7) is 4.24. The number of methoxy groups -OCH3 is 2. The molecule has 7 nitrogen and oxygen atoms in total. The summed E-state index contributed by atoms with van der Waals surface area (Å²) in [5.41, 5.74) is 1.13. The van der Waals surface area contributed by atoms with Crippen molar-refractivity contribution in [2.45, 2.75) is 32.2 Å². The summed E-state index contributed by atoms with van der Waals surface area (Å²) >= 11 is 0. The summed E-state index contributed by atoms with van der Waals surface area (Å²) in [6, 6.07) is 9.92. The number of aliphatic hydroxyl groups is 2. The molecule has 3 rings (SSSR count). The lowest BCUT2D eigenvalue weighted by Crippen LogP contribution is -2.52. The fourth-order valence-corrected chi connectivity index (χ4v) is 3.74. The Labute approximate surface area is 166 Å². The van der Waals surface area contributed by atoms with Crippen LogP contribution in [0.15, 0.2) is 34.7 Å². The number of piperazine rings is 1. The Balaban J connectivity index is 1.65. The highest BCUT2D eigenvalue weighted by Crippen LogP contribution is 2.25. The van der Waals surface area contributed by atoms with E-state index in [1.165, 1.54) is 0 Å². The van der Waals surface area contributed by atoms with Crippen molar-refractivity contribution in [3.63, 3.8) is 0 Å². The van der Waals surface area contributed by atoms with Gasteiger partial charge in [0.2, 0.25) is 0 Å². The van der Waals surface area contributed by atoms with E-state index in [1.807, 2.05) is 30.3 Å². The van der Waals surface area contributed by atoms with Crippen LogP contribution in [0.3, 0.4) is 0 Å². The van der Waals surface area contributed by atoms with Crippen molar-refractivity contribution in [3.8, 4) is 11.5 Å². The van der Waals surface area contributed by atoms with Gasteiger partial charge in [0.1, 0.15) is 29.6 Å². The number of furan rings is 1. The van der Waals surface area contributed by atoms with E-state index in [0.29, 0.717) is 12.3 Å². The van der Waals surface area contributed by atoms with Crippen molar-refractivity contribution in [1.82, 2.24) is 9.80 Å². The fourth-order valence-electron chi connectivity index (χ4n) is 3.74. The van der Waals surface area contributed by atoms with Crippen LogP contribution in [0.5, 0.6) is 11.5 Å². The van der Waals surface area contributed by atoms with Gasteiger partial charge in [-0.2, -0.15) is 0 Å². The summed E-state index contributed by atoms with van der Waals surface area (Å²) in [5.74, 6) is 3.01. The maximum Gasteiger partial charge on any atom is 0.129 e. The van der Waals surface area contributed by atoms with E-state index >= 15 is 0 Å². The van der Waals surface area contributed by atoms with Gasteiger partial charge in [0, 0.05) is 44.9 Å². The number of nitrogens with zero attached hydrogens (tertiary/aromatic N) is 2. The van der Waals surface area contributed by atoms with Gasteiger partial charge in [0.25, 0.3) is 0 Å². The van der Waals surface area contributed by atoms with Crippen molar-refractivity contribution in [2.24, 2.45) is 0 Å². The summed E-state index contributed by atoms with van der Waals surface area (Å²) in [6.07, 6.45) is 0.720. The molecule has 1 aromatic carbocycles. The van der Waals surface area contributed by atoms with Gasteiger partial charge in [0.05, 0.1) is 20.8 Å². The molecule has 0 spiro atoms. The molecule has 2 aromatic rings. The third-order valence-corrected chi connectivity index (χ3v) is 5.20. The Morgan fingerprint density at radius 1 is 1.00 bits per heavy atom. The highest BCUT2D eigenvalue weighted by atomic mass is 16.5. The van der Waals surface area contributed by atoms with Crippen molar-refractivity contribution < 1.29 is 24.1 Å². The molecule has 0 bridgehead atoms. The van der Waals surface area contributed by atoms with Crippen LogP contribution in [-0.2, 0) is 19.7 Å². The Kier molecular flexibility index (Phi) is 7.33. The number of ether oxygens (including phenoxy) is 2. The maximum atomic E-state index is 9.55. The smallest absolute Gasteiger partial charge is 0.129 e. The molecule has 2 N–H and O–H groups in total. The Bertz CT molecular complexity index is 726. The van der Waals surface area contributed by atoms with Crippen LogP contribution in [-0.4, -0.2) is 66.5 Å². The van der Waals surface area contributed by atoms with Gasteiger partial charge in [-0.1, -0.05) is 0 Å². The van der Waals surface area contributed by atoms with Gasteiger partial charge in [0.15, 0.2) is 0 Å². The van der Waals surface area contributed by atoms with E-state index < -0.39 is 0 Å². The second-order valence-electron chi connectivity index (χ2n) is 7.12. The van der Waals surface area contributed by atoms with Gasteiger partial charge in [-0.3, -0.25) is 9.80 Å². The first-order valence-electron chi connectivity index (χ1n) is 9.62. The standard InChI is InChI=1S/C21H30N2O5/c1-26-20-9-16(10-21(11-20)27-2)12-23-7-6-22(13-17(23)5-8-24)14-18-3-4-19(15-25)28-18/h3-4,9-11,17,24-25H,5-8,12-15H2,1-2H3. The zero-order valence-electron chi connectivity index (χ0n) is 16.6. The Morgan fingerprint density at radius 2 is 1.71 bits per heavy atom. The molecule has 2 heterocycles. The van der Waals surface area contributed by atoms with E-state index in [0.717, 1.165) is 55.4 Å². The maximum absolute atomic E-state index is 9.55. The minimum absolute atomic E-state index is 0.0785. The molecule has 1 aliphatic rings. The monoisotopic (exact) mass is 390 g/mol. The topological polar surface area (TPSA) is 78.5 Å². The summed E-state index contributed by atoms with van der Waals surface area (Å²) in [7, 11) is 3.31. The molecule has 7 heteroatoms. The van der Waals surface area contributed by atoms with Crippen LogP contribution in [0.1, 0.15) is 23.5 Å². The highest BCUT2D eigenvalue weighted by Gasteiger charge is 2.27. The summed E-state index contributed by atoms with van der Waals surface area (Å²) < 4.78 is 16.4. The SMILES string of the molecule is COc1cc(CN2CCN(Cc3ccc(CO)o3)CC2CCO)cc(OC)c1. The molecule has 1 aromatic heterocycles. The first kappa shape index (κ1) is 20.7. The van der Waals surface area contributed by atoms with Crippen LogP contribution in [0.25, 0.3) is 0 Å². The molecule has 1 aliphatic heterocycles. The molecule has 1 saturated heterocycles. The second kappa shape index (κ2) is 9.93. The molecule has 1 fully saturated rings. The molecule has 154 valence electrons. The van der Waals surface area contributed by atoms with E-state index in [9.17, 15) is 5.11 Å². The van der Waals surface area contributed by atoms with Crippen molar-refractivity contribution >= 4 is 0 Å².